The number of carbonyl (C=O) groups is 1. The van der Waals surface area contributed by atoms with Gasteiger partial charge in [0.1, 0.15) is 11.2 Å². The summed E-state index contributed by atoms with van der Waals surface area (Å²) >= 11 is 5.92. The Hall–Kier alpha value is -2.47. The molecule has 1 N–H and O–H groups in total. The molecule has 3 rings (SSSR count). The summed E-state index contributed by atoms with van der Waals surface area (Å²) < 4.78 is 13.8. The zero-order valence-electron chi connectivity index (χ0n) is 14.6. The Morgan fingerprint density at radius 1 is 1.42 bits per heavy atom. The molecule has 1 aliphatic rings. The van der Waals surface area contributed by atoms with E-state index in [2.05, 4.69) is 10.3 Å². The fourth-order valence-electron chi connectivity index (χ4n) is 3.08. The van der Waals surface area contributed by atoms with E-state index in [9.17, 15) is 14.0 Å². The standard InChI is InChI=1S/C19H19ClFN3O2/c1-11-6-15(17(25)4-3-5-21)22-10-14(11)13-7-12-9-23-18(20)8-16(12)24(2)19(13)26/h6-10,15,22H,3-5H2,1-2H3. The van der Waals surface area contributed by atoms with Crippen molar-refractivity contribution in [2.75, 3.05) is 6.67 Å². The van der Waals surface area contributed by atoms with Gasteiger partial charge in [-0.2, -0.15) is 0 Å². The van der Waals surface area contributed by atoms with E-state index in [-0.39, 0.29) is 24.2 Å². The normalized spacial score (nSPS) is 16.8. The van der Waals surface area contributed by atoms with Crippen LogP contribution in [-0.2, 0) is 11.8 Å². The number of alkyl halides is 1. The van der Waals surface area contributed by atoms with Crippen LogP contribution in [0.25, 0.3) is 16.5 Å². The maximum atomic E-state index is 12.8. The predicted octanol–water partition coefficient (Wildman–Crippen LogP) is 3.16. The van der Waals surface area contributed by atoms with Crippen LogP contribution in [0.3, 0.4) is 0 Å². The van der Waals surface area contributed by atoms with Crippen molar-refractivity contribution in [2.24, 2.45) is 7.05 Å². The molecule has 2 aromatic rings. The Labute approximate surface area is 155 Å². The van der Waals surface area contributed by atoms with Crippen molar-refractivity contribution >= 4 is 33.9 Å². The van der Waals surface area contributed by atoms with Gasteiger partial charge in [0.2, 0.25) is 0 Å². The number of Topliss-reactive ketones (excluding diaryl/α,β-unsaturated/α-hetero) is 1. The van der Waals surface area contributed by atoms with E-state index < -0.39 is 12.7 Å². The smallest absolute Gasteiger partial charge is 0.258 e. The Kier molecular flexibility index (Phi) is 5.23. The number of ketones is 1. The van der Waals surface area contributed by atoms with Gasteiger partial charge in [-0.1, -0.05) is 17.7 Å². The molecular weight excluding hydrogens is 357 g/mol. The largest absolute Gasteiger partial charge is 0.378 e. The van der Waals surface area contributed by atoms with E-state index in [1.165, 1.54) is 4.57 Å². The second-order valence-electron chi connectivity index (χ2n) is 6.30. The lowest BCUT2D eigenvalue weighted by atomic mass is 9.94. The van der Waals surface area contributed by atoms with Gasteiger partial charge in [-0.25, -0.2) is 4.98 Å². The van der Waals surface area contributed by atoms with E-state index in [1.807, 2.05) is 6.92 Å². The fraction of sp³-hybridized carbons (Fsp3) is 0.316. The lowest BCUT2D eigenvalue weighted by Gasteiger charge is -2.21. The molecule has 0 saturated carbocycles. The molecule has 0 fully saturated rings. The van der Waals surface area contributed by atoms with Crippen molar-refractivity contribution in [1.29, 1.82) is 0 Å². The lowest BCUT2D eigenvalue weighted by molar-refractivity contribution is -0.120. The van der Waals surface area contributed by atoms with Crippen LogP contribution in [0.2, 0.25) is 5.15 Å². The first-order chi connectivity index (χ1) is 12.4. The van der Waals surface area contributed by atoms with Crippen LogP contribution in [-0.4, -0.2) is 28.1 Å². The Morgan fingerprint density at radius 2 is 2.19 bits per heavy atom. The minimum absolute atomic E-state index is 0.0671. The van der Waals surface area contributed by atoms with Crippen LogP contribution in [0.4, 0.5) is 4.39 Å². The van der Waals surface area contributed by atoms with Crippen LogP contribution in [0.1, 0.15) is 25.3 Å². The maximum Gasteiger partial charge on any atom is 0.258 e. The molecule has 0 spiro atoms. The van der Waals surface area contributed by atoms with Crippen LogP contribution in [0.5, 0.6) is 0 Å². The summed E-state index contributed by atoms with van der Waals surface area (Å²) in [6, 6.07) is 2.93. The van der Waals surface area contributed by atoms with Gasteiger partial charge < -0.3 is 9.88 Å². The predicted molar refractivity (Wildman–Crippen MR) is 101 cm³/mol. The number of halogens is 2. The molecule has 26 heavy (non-hydrogen) atoms. The summed E-state index contributed by atoms with van der Waals surface area (Å²) in [6.07, 6.45) is 5.49. The highest BCUT2D eigenvalue weighted by Gasteiger charge is 2.21. The Balaban J connectivity index is 1.98. The number of nitrogens with zero attached hydrogens (tertiary/aromatic N) is 2. The molecule has 0 radical (unpaired) electrons. The molecule has 136 valence electrons. The molecule has 1 aliphatic heterocycles. The number of nitrogens with one attached hydrogen (secondary N) is 1. The fourth-order valence-corrected chi connectivity index (χ4v) is 3.23. The highest BCUT2D eigenvalue weighted by Crippen LogP contribution is 2.26. The summed E-state index contributed by atoms with van der Waals surface area (Å²) in [5.41, 5.74) is 2.59. The molecule has 7 heteroatoms. The first-order valence-electron chi connectivity index (χ1n) is 8.31. The zero-order chi connectivity index (χ0) is 18.8. The molecule has 3 heterocycles. The highest BCUT2D eigenvalue weighted by atomic mass is 35.5. The maximum absolute atomic E-state index is 12.8. The van der Waals surface area contributed by atoms with E-state index in [4.69, 9.17) is 11.6 Å². The molecule has 0 bridgehead atoms. The average molecular weight is 376 g/mol. The van der Waals surface area contributed by atoms with Crippen LogP contribution in [0, 0.1) is 0 Å². The highest BCUT2D eigenvalue weighted by molar-refractivity contribution is 6.30. The van der Waals surface area contributed by atoms with Gasteiger partial charge in [0, 0.05) is 42.4 Å². The minimum atomic E-state index is -0.507. The second-order valence-corrected chi connectivity index (χ2v) is 6.69. The van der Waals surface area contributed by atoms with Crippen LogP contribution >= 0.6 is 11.6 Å². The topological polar surface area (TPSA) is 64.0 Å². The van der Waals surface area contributed by atoms with Gasteiger partial charge in [0.25, 0.3) is 5.56 Å². The summed E-state index contributed by atoms with van der Waals surface area (Å²) in [7, 11) is 1.68. The number of aryl methyl sites for hydroxylation is 1. The second kappa shape index (κ2) is 7.41. The van der Waals surface area contributed by atoms with Gasteiger partial charge in [-0.15, -0.1) is 0 Å². The monoisotopic (exact) mass is 375 g/mol. The van der Waals surface area contributed by atoms with Gasteiger partial charge in [0.05, 0.1) is 12.2 Å². The van der Waals surface area contributed by atoms with Crippen molar-refractivity contribution in [3.63, 3.8) is 0 Å². The van der Waals surface area contributed by atoms with Gasteiger partial charge >= 0.3 is 0 Å². The van der Waals surface area contributed by atoms with Crippen LogP contribution < -0.4 is 10.9 Å². The third kappa shape index (κ3) is 3.42. The molecule has 1 atom stereocenters. The first kappa shape index (κ1) is 18.3. The van der Waals surface area contributed by atoms with E-state index in [0.717, 1.165) is 16.5 Å². The first-order valence-corrected chi connectivity index (χ1v) is 8.69. The van der Waals surface area contributed by atoms with Crippen molar-refractivity contribution in [3.8, 4) is 0 Å². The third-order valence-electron chi connectivity index (χ3n) is 4.52. The van der Waals surface area contributed by atoms with E-state index in [1.54, 1.807) is 37.7 Å². The van der Waals surface area contributed by atoms with E-state index >= 15 is 0 Å². The quantitative estimate of drug-likeness (QED) is 0.815. The number of dihydropyridines is 1. The van der Waals surface area contributed by atoms with Crippen molar-refractivity contribution < 1.29 is 9.18 Å². The lowest BCUT2D eigenvalue weighted by Crippen LogP contribution is -2.34. The molecule has 5 nitrogen and oxygen atoms in total. The molecule has 0 aliphatic carbocycles. The number of allylic oxidation sites excluding steroid dienone is 2. The molecule has 1 unspecified atom stereocenters. The molecule has 0 saturated heterocycles. The number of fused-ring (bicyclic) bond motifs is 1. The minimum Gasteiger partial charge on any atom is -0.378 e. The summed E-state index contributed by atoms with van der Waals surface area (Å²) in [5, 5.41) is 4.13. The van der Waals surface area contributed by atoms with Crippen LogP contribution in [0.15, 0.2) is 41.0 Å². The SMILES string of the molecule is CC1=CC(C(=O)CCCF)NC=C1c1cc2cnc(Cl)cc2n(C)c1=O. The Bertz CT molecular complexity index is 994. The summed E-state index contributed by atoms with van der Waals surface area (Å²) in [4.78, 5) is 28.9. The van der Waals surface area contributed by atoms with Gasteiger partial charge in [-0.05, 0) is 31.1 Å². The number of pyridine rings is 2. The number of hydrogen-bond donors (Lipinski definition) is 1. The van der Waals surface area contributed by atoms with E-state index in [0.29, 0.717) is 16.2 Å². The number of rotatable bonds is 5. The molecular formula is C19H19ClFN3O2. The number of aromatic nitrogens is 2. The Morgan fingerprint density at radius 3 is 2.88 bits per heavy atom. The van der Waals surface area contributed by atoms with Crippen molar-refractivity contribution in [3.05, 3.63) is 57.2 Å². The van der Waals surface area contributed by atoms with Gasteiger partial charge in [0.15, 0.2) is 5.78 Å². The molecule has 0 amide bonds. The number of carbonyl (C=O) groups excluding carboxylic acids is 1. The number of hydrogen-bond acceptors (Lipinski definition) is 4. The summed E-state index contributed by atoms with van der Waals surface area (Å²) in [5.74, 6) is -0.0671. The average Bonchev–Trinajstić information content (AvgIpc) is 2.63. The molecule has 0 aromatic carbocycles. The van der Waals surface area contributed by atoms with Gasteiger partial charge in [-0.3, -0.25) is 14.0 Å². The zero-order valence-corrected chi connectivity index (χ0v) is 15.3. The third-order valence-corrected chi connectivity index (χ3v) is 4.72. The summed E-state index contributed by atoms with van der Waals surface area (Å²) in [6.45, 7) is 1.35. The van der Waals surface area contributed by atoms with Crippen molar-refractivity contribution in [1.82, 2.24) is 14.9 Å². The van der Waals surface area contributed by atoms with Crippen molar-refractivity contribution in [2.45, 2.75) is 25.8 Å². The molecule has 2 aromatic heterocycles.